The number of carboxylic acids is 1. The molecule has 0 radical (unpaired) electrons. The van der Waals surface area contributed by atoms with E-state index in [9.17, 15) is 19.8 Å². The van der Waals surface area contributed by atoms with Gasteiger partial charge in [-0.15, -0.1) is 0 Å². The Balaban J connectivity index is 3.65. The zero-order chi connectivity index (χ0) is 23.5. The summed E-state index contributed by atoms with van der Waals surface area (Å²) in [6, 6.07) is -0.683. The number of aliphatic carboxylic acids is 1. The van der Waals surface area contributed by atoms with Crippen LogP contribution in [0.15, 0.2) is 12.2 Å². The summed E-state index contributed by atoms with van der Waals surface area (Å²) < 4.78 is 10.6. The minimum atomic E-state index is -1.12. The number of ether oxygens (including phenoxy) is 2. The van der Waals surface area contributed by atoms with Crippen LogP contribution in [-0.4, -0.2) is 74.6 Å². The van der Waals surface area contributed by atoms with Gasteiger partial charge in [-0.25, -0.2) is 0 Å². The lowest BCUT2D eigenvalue weighted by atomic mass is 10.1. The van der Waals surface area contributed by atoms with Gasteiger partial charge in [0.2, 0.25) is 0 Å². The number of hydrogen-bond acceptors (Lipinski definition) is 6. The molecule has 0 saturated heterocycles. The van der Waals surface area contributed by atoms with Crippen LogP contribution in [0.3, 0.4) is 0 Å². The van der Waals surface area contributed by atoms with E-state index in [1.54, 1.807) is 21.1 Å². The van der Waals surface area contributed by atoms with E-state index >= 15 is 0 Å². The minimum absolute atomic E-state index is 0.00290. The Hall–Kier alpha value is -1.44. The predicted molar refractivity (Wildman–Crippen MR) is 120 cm³/mol. The maximum atomic E-state index is 11.8. The summed E-state index contributed by atoms with van der Waals surface area (Å²) in [6.07, 6.45) is 14.4. The van der Waals surface area contributed by atoms with Gasteiger partial charge >= 0.3 is 5.97 Å². The summed E-state index contributed by atoms with van der Waals surface area (Å²) in [5, 5.41) is 21.0. The van der Waals surface area contributed by atoms with Gasteiger partial charge < -0.3 is 29.0 Å². The molecule has 7 heteroatoms. The highest BCUT2D eigenvalue weighted by atomic mass is 16.5. The maximum Gasteiger partial charge on any atom is 0.305 e. The van der Waals surface area contributed by atoms with Crippen LogP contribution in [0, 0.1) is 0 Å². The first-order valence-corrected chi connectivity index (χ1v) is 11.8. The average molecular weight is 444 g/mol. The van der Waals surface area contributed by atoms with Crippen LogP contribution in [-0.2, 0) is 19.1 Å². The molecule has 0 amide bonds. The Morgan fingerprint density at radius 2 is 1.58 bits per heavy atom. The monoisotopic (exact) mass is 443 g/mol. The van der Waals surface area contributed by atoms with Crippen molar-refractivity contribution in [2.45, 2.75) is 89.7 Å². The van der Waals surface area contributed by atoms with E-state index in [0.29, 0.717) is 6.42 Å². The number of carboxylic acid groups (broad SMARTS) is 1. The van der Waals surface area contributed by atoms with Gasteiger partial charge in [-0.2, -0.15) is 0 Å². The van der Waals surface area contributed by atoms with Gasteiger partial charge in [-0.3, -0.25) is 4.79 Å². The van der Waals surface area contributed by atoms with Crippen LogP contribution in [0.4, 0.5) is 0 Å². The molecule has 0 fully saturated rings. The first kappa shape index (κ1) is 29.6. The average Bonchev–Trinajstić information content (AvgIpc) is 2.69. The van der Waals surface area contributed by atoms with Crippen molar-refractivity contribution in [2.24, 2.45) is 0 Å². The van der Waals surface area contributed by atoms with E-state index in [1.165, 1.54) is 32.1 Å². The third kappa shape index (κ3) is 17.9. The molecule has 182 valence electrons. The van der Waals surface area contributed by atoms with Crippen LogP contribution >= 0.6 is 0 Å². The second-order valence-electron chi connectivity index (χ2n) is 9.07. The lowest BCUT2D eigenvalue weighted by molar-refractivity contribution is -0.889. The van der Waals surface area contributed by atoms with Gasteiger partial charge in [0.1, 0.15) is 18.8 Å². The smallest absolute Gasteiger partial charge is 0.305 e. The molecule has 1 N–H and O–H groups in total. The number of likely N-dealkylation sites (N-methyl/N-ethyl adjacent to an activating group) is 1. The molecule has 0 aliphatic heterocycles. The highest BCUT2D eigenvalue weighted by Crippen LogP contribution is 2.09. The molecule has 0 heterocycles. The molecule has 31 heavy (non-hydrogen) atoms. The standard InChI is InChI=1S/C24H45NO6/c1-5-6-7-8-9-10-11-12-13-14-15-16-23(27)31-20-21(26)19-30-18-17-22(24(28)29)25(2,3)4/h8-9,21-22,26H,5-7,10-20H2,1-4H3/b9-8-. The van der Waals surface area contributed by atoms with Gasteiger partial charge in [0.15, 0.2) is 0 Å². The van der Waals surface area contributed by atoms with Crippen molar-refractivity contribution >= 4 is 11.9 Å². The Morgan fingerprint density at radius 1 is 0.968 bits per heavy atom. The summed E-state index contributed by atoms with van der Waals surface area (Å²) in [5.74, 6) is -1.43. The van der Waals surface area contributed by atoms with Crippen molar-refractivity contribution in [3.05, 3.63) is 12.2 Å². The number of allylic oxidation sites excluding steroid dienone is 2. The number of nitrogens with zero attached hydrogens (tertiary/aromatic N) is 1. The van der Waals surface area contributed by atoms with Gasteiger partial charge in [-0.05, 0) is 25.7 Å². The molecule has 2 unspecified atom stereocenters. The summed E-state index contributed by atoms with van der Waals surface area (Å²) in [7, 11) is 5.34. The number of hydrogen-bond donors (Lipinski definition) is 1. The molecule has 0 rings (SSSR count). The number of carbonyl (C=O) groups is 2. The van der Waals surface area contributed by atoms with Gasteiger partial charge in [0.25, 0.3) is 0 Å². The van der Waals surface area contributed by atoms with Crippen LogP contribution in [0.25, 0.3) is 0 Å². The van der Waals surface area contributed by atoms with Crippen LogP contribution in [0.1, 0.15) is 77.6 Å². The van der Waals surface area contributed by atoms with E-state index in [1.807, 2.05) is 0 Å². The van der Waals surface area contributed by atoms with Gasteiger partial charge in [-0.1, -0.05) is 51.2 Å². The van der Waals surface area contributed by atoms with Crippen molar-refractivity contribution in [3.8, 4) is 0 Å². The minimum Gasteiger partial charge on any atom is -0.544 e. The van der Waals surface area contributed by atoms with Crippen molar-refractivity contribution in [2.75, 3.05) is 41.0 Å². The lowest BCUT2D eigenvalue weighted by Crippen LogP contribution is -2.55. The molecular formula is C24H45NO6. The molecule has 0 spiro atoms. The van der Waals surface area contributed by atoms with Crippen molar-refractivity contribution < 1.29 is 33.8 Å². The zero-order valence-corrected chi connectivity index (χ0v) is 20.1. The fraction of sp³-hybridized carbons (Fsp3) is 0.833. The number of aliphatic hydroxyl groups excluding tert-OH is 1. The number of rotatable bonds is 20. The Kier molecular flexibility index (Phi) is 17.3. The first-order valence-electron chi connectivity index (χ1n) is 11.8. The van der Waals surface area contributed by atoms with Crippen molar-refractivity contribution in [3.63, 3.8) is 0 Å². The summed E-state index contributed by atoms with van der Waals surface area (Å²) in [6.45, 7) is 2.28. The molecule has 2 atom stereocenters. The Bertz CT molecular complexity index is 501. The summed E-state index contributed by atoms with van der Waals surface area (Å²) in [5.41, 5.74) is 0. The number of quaternary nitrogens is 1. The highest BCUT2D eigenvalue weighted by molar-refractivity contribution is 5.69. The summed E-state index contributed by atoms with van der Waals surface area (Å²) in [4.78, 5) is 22.9. The second-order valence-corrected chi connectivity index (χ2v) is 9.07. The van der Waals surface area contributed by atoms with Crippen molar-refractivity contribution in [1.29, 1.82) is 0 Å². The van der Waals surface area contributed by atoms with E-state index in [0.717, 1.165) is 25.7 Å². The van der Waals surface area contributed by atoms with Crippen LogP contribution in [0.2, 0.25) is 0 Å². The first-order chi connectivity index (χ1) is 14.7. The fourth-order valence-electron chi connectivity index (χ4n) is 3.16. The summed E-state index contributed by atoms with van der Waals surface area (Å²) >= 11 is 0. The molecule has 0 aromatic heterocycles. The topological polar surface area (TPSA) is 95.9 Å². The maximum absolute atomic E-state index is 11.8. The molecular weight excluding hydrogens is 398 g/mol. The van der Waals surface area contributed by atoms with Gasteiger partial charge in [0.05, 0.1) is 40.3 Å². The fourth-order valence-corrected chi connectivity index (χ4v) is 3.16. The van der Waals surface area contributed by atoms with E-state index in [-0.39, 0.29) is 36.7 Å². The largest absolute Gasteiger partial charge is 0.544 e. The zero-order valence-electron chi connectivity index (χ0n) is 20.1. The molecule has 7 nitrogen and oxygen atoms in total. The molecule has 0 aromatic carbocycles. The molecule has 0 aliphatic rings. The number of carbonyl (C=O) groups excluding carboxylic acids is 2. The lowest BCUT2D eigenvalue weighted by Gasteiger charge is -2.34. The Morgan fingerprint density at radius 3 is 2.19 bits per heavy atom. The number of aliphatic hydroxyl groups is 1. The quantitative estimate of drug-likeness (QED) is 0.134. The van der Waals surface area contributed by atoms with Gasteiger partial charge in [0, 0.05) is 12.8 Å². The Labute approximate surface area is 189 Å². The van der Waals surface area contributed by atoms with Crippen LogP contribution < -0.4 is 5.11 Å². The number of unbranched alkanes of at least 4 members (excludes halogenated alkanes) is 7. The van der Waals surface area contributed by atoms with E-state index in [2.05, 4.69) is 19.1 Å². The van der Waals surface area contributed by atoms with Crippen LogP contribution in [0.5, 0.6) is 0 Å². The molecule has 0 aliphatic carbocycles. The third-order valence-electron chi connectivity index (χ3n) is 5.13. The SMILES string of the molecule is CCCC/C=C\CCCCCCCC(=O)OCC(O)COCCC(C(=O)[O-])[N+](C)(C)C. The molecule has 0 saturated carbocycles. The highest BCUT2D eigenvalue weighted by Gasteiger charge is 2.24. The van der Waals surface area contributed by atoms with E-state index in [4.69, 9.17) is 9.47 Å². The molecule has 0 bridgehead atoms. The van der Waals surface area contributed by atoms with E-state index < -0.39 is 18.1 Å². The third-order valence-corrected chi connectivity index (χ3v) is 5.13. The normalized spacial score (nSPS) is 14.0. The number of esters is 1. The van der Waals surface area contributed by atoms with Crippen molar-refractivity contribution in [1.82, 2.24) is 0 Å². The predicted octanol–water partition coefficient (Wildman–Crippen LogP) is 2.60. The second kappa shape index (κ2) is 18.2. The molecule has 0 aromatic rings.